The fourth-order valence-corrected chi connectivity index (χ4v) is 6.49. The number of benzene rings is 2. The Morgan fingerprint density at radius 2 is 1.64 bits per heavy atom. The molecule has 3 aliphatic carbocycles. The maximum atomic E-state index is 13.7. The van der Waals surface area contributed by atoms with Crippen LogP contribution in [0.1, 0.15) is 24.0 Å². The minimum Gasteiger partial charge on any atom is -0.507 e. The van der Waals surface area contributed by atoms with E-state index in [1.54, 1.807) is 18.2 Å². The van der Waals surface area contributed by atoms with Crippen molar-refractivity contribution in [2.75, 3.05) is 21.3 Å². The summed E-state index contributed by atoms with van der Waals surface area (Å²) in [5.41, 5.74) is 4.12. The number of carbonyl (C=O) groups excluding carboxylic acids is 3. The summed E-state index contributed by atoms with van der Waals surface area (Å²) in [5, 5.41) is 44.0. The van der Waals surface area contributed by atoms with Crippen molar-refractivity contribution in [1.82, 2.24) is 0 Å². The molecule has 5 rings (SSSR count). The number of hydrogen-bond donors (Lipinski definition) is 5. The molecule has 11 heteroatoms. The number of methoxy groups -OCH3 is 3. The standard InChI is InChI=1S/C28H29NO10/c1-37-18-7-5-14(23(38-2)24(18)39-3)13-4-6-16(30)20-15(13)9-11-8-12-10-17(31)21(27(29)35)26(34)28(12,36)25(33)19(11)22(20)32/h4-7,11-12,17,21,30-32,36H,8-10H2,1-3H3,(H2,29,35)/t11-,12+,17?,21?,28+/m1/s1. The summed E-state index contributed by atoms with van der Waals surface area (Å²) in [6.07, 6.45) is -1.42. The lowest BCUT2D eigenvalue weighted by atomic mass is 9.56. The van der Waals surface area contributed by atoms with Gasteiger partial charge in [-0.2, -0.15) is 0 Å². The lowest BCUT2D eigenvalue weighted by molar-refractivity contribution is -0.174. The van der Waals surface area contributed by atoms with Crippen molar-refractivity contribution in [3.8, 4) is 34.1 Å². The van der Waals surface area contributed by atoms with Crippen molar-refractivity contribution in [3.63, 3.8) is 0 Å². The number of aliphatic hydroxyl groups excluding tert-OH is 2. The molecule has 0 aliphatic heterocycles. The number of primary amides is 1. The highest BCUT2D eigenvalue weighted by Crippen LogP contribution is 2.54. The van der Waals surface area contributed by atoms with E-state index in [1.165, 1.54) is 27.4 Å². The first-order chi connectivity index (χ1) is 18.5. The molecular weight excluding hydrogens is 510 g/mol. The highest BCUT2D eigenvalue weighted by atomic mass is 16.5. The number of rotatable bonds is 5. The number of phenolic OH excluding ortho intramolecular Hbond substituents is 1. The molecule has 0 aromatic heterocycles. The Hall–Kier alpha value is -4.09. The van der Waals surface area contributed by atoms with E-state index in [9.17, 15) is 34.8 Å². The van der Waals surface area contributed by atoms with Crippen LogP contribution in [0.2, 0.25) is 0 Å². The van der Waals surface area contributed by atoms with Gasteiger partial charge < -0.3 is 40.4 Å². The first-order valence-corrected chi connectivity index (χ1v) is 12.4. The third kappa shape index (κ3) is 3.60. The van der Waals surface area contributed by atoms with Gasteiger partial charge in [0, 0.05) is 17.1 Å². The molecule has 2 aromatic carbocycles. The molecule has 206 valence electrons. The zero-order chi connectivity index (χ0) is 28.4. The Bertz CT molecular complexity index is 1450. The zero-order valence-corrected chi connectivity index (χ0v) is 21.6. The van der Waals surface area contributed by atoms with Gasteiger partial charge in [0.25, 0.3) is 0 Å². The fraction of sp³-hybridized carbons (Fsp3) is 0.393. The van der Waals surface area contributed by atoms with Crippen molar-refractivity contribution in [2.24, 2.45) is 23.5 Å². The SMILES string of the molecule is COc1ccc(-c2ccc(O)c3c2C[C@H]2C[C@H]4CC(O)C(C(N)=O)C(=O)[C@@]4(O)C(=O)C2=C3O)c(OC)c1OC. The van der Waals surface area contributed by atoms with Gasteiger partial charge in [-0.3, -0.25) is 14.4 Å². The third-order valence-corrected chi connectivity index (χ3v) is 8.26. The molecule has 0 saturated heterocycles. The average molecular weight is 540 g/mol. The lowest BCUT2D eigenvalue weighted by Crippen LogP contribution is -2.66. The van der Waals surface area contributed by atoms with Gasteiger partial charge >= 0.3 is 0 Å². The number of amides is 1. The molecule has 3 aliphatic rings. The first kappa shape index (κ1) is 26.5. The summed E-state index contributed by atoms with van der Waals surface area (Å²) in [6, 6.07) is 6.45. The molecule has 2 aromatic rings. The van der Waals surface area contributed by atoms with Crippen molar-refractivity contribution >= 4 is 23.2 Å². The van der Waals surface area contributed by atoms with E-state index in [2.05, 4.69) is 0 Å². The largest absolute Gasteiger partial charge is 0.507 e. The molecule has 0 bridgehead atoms. The summed E-state index contributed by atoms with van der Waals surface area (Å²) >= 11 is 0. The molecule has 6 N–H and O–H groups in total. The summed E-state index contributed by atoms with van der Waals surface area (Å²) in [5.74, 6) is -6.51. The molecule has 11 nitrogen and oxygen atoms in total. The maximum absolute atomic E-state index is 13.7. The van der Waals surface area contributed by atoms with E-state index in [1.807, 2.05) is 0 Å². The van der Waals surface area contributed by atoms with Crippen LogP contribution in [-0.2, 0) is 20.8 Å². The molecule has 1 amide bonds. The molecule has 0 spiro atoms. The Balaban J connectivity index is 1.69. The van der Waals surface area contributed by atoms with Crippen molar-refractivity contribution < 1.29 is 49.0 Å². The second kappa shape index (κ2) is 9.28. The number of aromatic hydroxyl groups is 1. The highest BCUT2D eigenvalue weighted by molar-refractivity contribution is 6.24. The predicted octanol–water partition coefficient (Wildman–Crippen LogP) is 1.28. The smallest absolute Gasteiger partial charge is 0.230 e. The van der Waals surface area contributed by atoms with Crippen LogP contribution in [0.5, 0.6) is 23.0 Å². The van der Waals surface area contributed by atoms with Gasteiger partial charge in [0.1, 0.15) is 17.4 Å². The Morgan fingerprint density at radius 1 is 0.974 bits per heavy atom. The summed E-state index contributed by atoms with van der Waals surface area (Å²) < 4.78 is 16.5. The van der Waals surface area contributed by atoms with Gasteiger partial charge in [-0.15, -0.1) is 0 Å². The van der Waals surface area contributed by atoms with Crippen LogP contribution in [0.3, 0.4) is 0 Å². The van der Waals surface area contributed by atoms with Crippen molar-refractivity contribution in [1.29, 1.82) is 0 Å². The molecule has 2 unspecified atom stereocenters. The molecule has 5 atom stereocenters. The molecule has 39 heavy (non-hydrogen) atoms. The number of aliphatic hydroxyl groups is 3. The number of phenols is 1. The van der Waals surface area contributed by atoms with Gasteiger partial charge in [-0.05, 0) is 54.5 Å². The van der Waals surface area contributed by atoms with Gasteiger partial charge in [-0.25, -0.2) is 0 Å². The van der Waals surface area contributed by atoms with Crippen molar-refractivity contribution in [3.05, 3.63) is 41.0 Å². The Labute approximate surface area is 223 Å². The second-order valence-corrected chi connectivity index (χ2v) is 10.1. The van der Waals surface area contributed by atoms with E-state index in [-0.39, 0.29) is 36.1 Å². The van der Waals surface area contributed by atoms with E-state index in [4.69, 9.17) is 19.9 Å². The summed E-state index contributed by atoms with van der Waals surface area (Å²) in [4.78, 5) is 38.7. The highest BCUT2D eigenvalue weighted by Gasteiger charge is 2.64. The zero-order valence-electron chi connectivity index (χ0n) is 21.6. The number of carbonyl (C=O) groups is 3. The summed E-state index contributed by atoms with van der Waals surface area (Å²) in [7, 11) is 4.42. The molecule has 2 fully saturated rings. The van der Waals surface area contributed by atoms with Crippen LogP contribution in [0.15, 0.2) is 29.8 Å². The van der Waals surface area contributed by atoms with Crippen LogP contribution >= 0.6 is 0 Å². The Kier molecular flexibility index (Phi) is 6.31. The number of fused-ring (bicyclic) bond motifs is 3. The van der Waals surface area contributed by atoms with Gasteiger partial charge in [0.15, 0.2) is 22.9 Å². The van der Waals surface area contributed by atoms with E-state index < -0.39 is 52.7 Å². The lowest BCUT2D eigenvalue weighted by Gasteiger charge is -2.48. The topological polar surface area (TPSA) is 186 Å². The van der Waals surface area contributed by atoms with Gasteiger partial charge in [0.2, 0.25) is 17.4 Å². The van der Waals surface area contributed by atoms with Gasteiger partial charge in [0.05, 0.1) is 33.0 Å². The average Bonchev–Trinajstić information content (AvgIpc) is 2.89. The van der Waals surface area contributed by atoms with E-state index >= 15 is 0 Å². The number of nitrogens with two attached hydrogens (primary N) is 1. The second-order valence-electron chi connectivity index (χ2n) is 10.1. The summed E-state index contributed by atoms with van der Waals surface area (Å²) in [6.45, 7) is 0. The predicted molar refractivity (Wildman–Crippen MR) is 136 cm³/mol. The molecule has 0 heterocycles. The van der Waals surface area contributed by atoms with Crippen molar-refractivity contribution in [2.45, 2.75) is 31.0 Å². The quantitative estimate of drug-likeness (QED) is 0.347. The Morgan fingerprint density at radius 3 is 2.26 bits per heavy atom. The number of hydrogen-bond acceptors (Lipinski definition) is 10. The van der Waals surface area contributed by atoms with E-state index in [0.717, 1.165) is 0 Å². The van der Waals surface area contributed by atoms with Crippen LogP contribution in [0.4, 0.5) is 0 Å². The van der Waals surface area contributed by atoms with Crippen LogP contribution in [0.25, 0.3) is 16.9 Å². The minimum absolute atomic E-state index is 0.0132. The van der Waals surface area contributed by atoms with Crippen LogP contribution in [-0.4, -0.2) is 70.9 Å². The minimum atomic E-state index is -2.63. The maximum Gasteiger partial charge on any atom is 0.230 e. The number of Topliss-reactive ketones (excluding diaryl/α,β-unsaturated/α-hetero) is 2. The fourth-order valence-electron chi connectivity index (χ4n) is 6.49. The molecule has 0 radical (unpaired) electrons. The third-order valence-electron chi connectivity index (χ3n) is 8.26. The van der Waals surface area contributed by atoms with Crippen LogP contribution < -0.4 is 19.9 Å². The molecular formula is C28H29NO10. The number of ketones is 2. The van der Waals surface area contributed by atoms with Crippen LogP contribution in [0, 0.1) is 17.8 Å². The monoisotopic (exact) mass is 539 g/mol. The number of ether oxygens (including phenoxy) is 3. The molecule has 2 saturated carbocycles. The normalized spacial score (nSPS) is 27.8. The van der Waals surface area contributed by atoms with Gasteiger partial charge in [-0.1, -0.05) is 6.07 Å². The first-order valence-electron chi connectivity index (χ1n) is 12.4. The van der Waals surface area contributed by atoms with E-state index in [0.29, 0.717) is 33.9 Å².